The van der Waals surface area contributed by atoms with E-state index in [9.17, 15) is 32.1 Å². The van der Waals surface area contributed by atoms with Gasteiger partial charge in [-0.1, -0.05) is 17.7 Å². The Balaban J connectivity index is 0.00000432. The van der Waals surface area contributed by atoms with Crippen molar-refractivity contribution in [1.82, 2.24) is 4.13 Å². The second-order valence-corrected chi connectivity index (χ2v) is 10.8. The van der Waals surface area contributed by atoms with Crippen LogP contribution in [-0.4, -0.2) is 28.0 Å². The number of rotatable bonds is 8. The number of hydrogen-bond donors (Lipinski definition) is 2. The summed E-state index contributed by atoms with van der Waals surface area (Å²) >= 11 is 0. The van der Waals surface area contributed by atoms with Gasteiger partial charge in [0.05, 0.1) is 27.4 Å². The van der Waals surface area contributed by atoms with Crippen LogP contribution in [0.2, 0.25) is 0 Å². The molecular formula is C20H18N5NaO7S2. The first-order valence-corrected chi connectivity index (χ1v) is 12.8. The number of anilines is 2. The molecule has 3 rings (SSSR count). The van der Waals surface area contributed by atoms with E-state index in [-0.39, 0.29) is 41.0 Å². The number of nitrogens with zero attached hydrogens (tertiary/aromatic N) is 3. The van der Waals surface area contributed by atoms with E-state index in [1.54, 1.807) is 37.3 Å². The molecule has 0 heterocycles. The first kappa shape index (κ1) is 28.4. The molecule has 0 bridgehead atoms. The minimum Gasteiger partial charge on any atom is -0.872 e. The van der Waals surface area contributed by atoms with Gasteiger partial charge in [-0.25, -0.2) is 16.8 Å². The van der Waals surface area contributed by atoms with Crippen molar-refractivity contribution >= 4 is 48.5 Å². The van der Waals surface area contributed by atoms with E-state index in [1.807, 2.05) is 0 Å². The smallest absolute Gasteiger partial charge is 0.872 e. The average Bonchev–Trinajstić information content (AvgIpc) is 2.73. The molecule has 3 aromatic carbocycles. The standard InChI is InChI=1S/C20H19N5O7S2.Na/c1-13-10-16(6-9-20(13)26)23-22-15-5-3-4-14(11-15)21-18-8-7-17(12-19(18)25(27)28)34(31,32)24-33(2,29)30;/h3-12,21,24,26H,1-2H3;/q;+1/p-1. The number of hydrogen-bond acceptors (Lipinski definition) is 10. The molecule has 0 aromatic heterocycles. The van der Waals surface area contributed by atoms with Crippen LogP contribution in [0.1, 0.15) is 5.56 Å². The minimum absolute atomic E-state index is 0. The van der Waals surface area contributed by atoms with E-state index in [2.05, 4.69) is 15.5 Å². The fraction of sp³-hybridized carbons (Fsp3) is 0.100. The number of benzene rings is 3. The first-order valence-electron chi connectivity index (χ1n) is 9.42. The van der Waals surface area contributed by atoms with Gasteiger partial charge < -0.3 is 10.4 Å². The molecule has 15 heteroatoms. The zero-order chi connectivity index (χ0) is 25.1. The second kappa shape index (κ2) is 11.2. The molecule has 0 spiro atoms. The Bertz CT molecular complexity index is 1510. The maximum atomic E-state index is 12.2. The molecular weight excluding hydrogens is 509 g/mol. The zero-order valence-electron chi connectivity index (χ0n) is 18.8. The molecule has 3 aromatic rings. The van der Waals surface area contributed by atoms with Gasteiger partial charge in [-0.05, 0) is 49.4 Å². The molecule has 0 aliphatic carbocycles. The number of sulfonamides is 2. The topological polar surface area (TPSA) is 183 Å². The van der Waals surface area contributed by atoms with Gasteiger partial charge in [0, 0.05) is 11.8 Å². The molecule has 12 nitrogen and oxygen atoms in total. The Morgan fingerprint density at radius 1 is 0.914 bits per heavy atom. The Morgan fingerprint density at radius 3 is 2.17 bits per heavy atom. The molecule has 0 fully saturated rings. The number of nitro groups is 1. The predicted octanol–water partition coefficient (Wildman–Crippen LogP) is 0.378. The van der Waals surface area contributed by atoms with Crippen LogP contribution >= 0.6 is 0 Å². The van der Waals surface area contributed by atoms with E-state index >= 15 is 0 Å². The van der Waals surface area contributed by atoms with Crippen molar-refractivity contribution in [1.29, 1.82) is 0 Å². The summed E-state index contributed by atoms with van der Waals surface area (Å²) in [6.45, 7) is 1.66. The third-order valence-electron chi connectivity index (χ3n) is 4.30. The average molecular weight is 528 g/mol. The molecule has 0 unspecified atom stereocenters. The van der Waals surface area contributed by atoms with Crippen LogP contribution in [0.25, 0.3) is 0 Å². The van der Waals surface area contributed by atoms with Crippen molar-refractivity contribution in [3.8, 4) is 5.75 Å². The van der Waals surface area contributed by atoms with Crippen LogP contribution in [0.3, 0.4) is 0 Å². The summed E-state index contributed by atoms with van der Waals surface area (Å²) < 4.78 is 48.4. The fourth-order valence-electron chi connectivity index (χ4n) is 2.80. The third-order valence-corrected chi connectivity index (χ3v) is 7.27. The van der Waals surface area contributed by atoms with E-state index in [0.29, 0.717) is 28.9 Å². The molecule has 35 heavy (non-hydrogen) atoms. The van der Waals surface area contributed by atoms with Crippen molar-refractivity contribution in [3.63, 3.8) is 0 Å². The largest absolute Gasteiger partial charge is 1.00 e. The number of azo groups is 1. The zero-order valence-corrected chi connectivity index (χ0v) is 22.4. The van der Waals surface area contributed by atoms with Crippen LogP contribution in [0.15, 0.2) is 75.8 Å². The summed E-state index contributed by atoms with van der Waals surface area (Å²) in [5.41, 5.74) is 1.20. The minimum atomic E-state index is -4.53. The molecule has 0 saturated heterocycles. The first-order chi connectivity index (χ1) is 15.8. The predicted molar refractivity (Wildman–Crippen MR) is 123 cm³/mol. The van der Waals surface area contributed by atoms with Crippen molar-refractivity contribution in [2.45, 2.75) is 11.8 Å². The number of aryl methyl sites for hydroxylation is 1. The van der Waals surface area contributed by atoms with E-state index in [0.717, 1.165) is 18.2 Å². The normalized spacial score (nSPS) is 11.7. The summed E-state index contributed by atoms with van der Waals surface area (Å²) in [4.78, 5) is 10.1. The van der Waals surface area contributed by atoms with E-state index < -0.39 is 35.6 Å². The van der Waals surface area contributed by atoms with Gasteiger partial charge in [0.15, 0.2) is 0 Å². The van der Waals surface area contributed by atoms with Crippen molar-refractivity contribution in [2.75, 3.05) is 11.6 Å². The monoisotopic (exact) mass is 527 g/mol. The van der Waals surface area contributed by atoms with Crippen LogP contribution in [-0.2, 0) is 20.0 Å². The third kappa shape index (κ3) is 7.81. The number of nitro benzene ring substituents is 1. The van der Waals surface area contributed by atoms with Gasteiger partial charge in [-0.15, -0.1) is 9.88 Å². The second-order valence-electron chi connectivity index (χ2n) is 7.12. The Morgan fingerprint density at radius 2 is 1.57 bits per heavy atom. The molecule has 178 valence electrons. The summed E-state index contributed by atoms with van der Waals surface area (Å²) in [6, 6.07) is 13.9. The fourth-order valence-corrected chi connectivity index (χ4v) is 5.29. The molecule has 0 amide bonds. The molecule has 0 saturated carbocycles. The Hall–Kier alpha value is -2.88. The molecule has 0 aliphatic rings. The van der Waals surface area contributed by atoms with Gasteiger partial charge in [0.25, 0.3) is 15.7 Å². The van der Waals surface area contributed by atoms with Gasteiger partial charge in [0.2, 0.25) is 10.0 Å². The molecule has 0 atom stereocenters. The Labute approximate surface area is 223 Å². The quantitative estimate of drug-likeness (QED) is 0.182. The van der Waals surface area contributed by atoms with Crippen LogP contribution < -0.4 is 44.1 Å². The van der Waals surface area contributed by atoms with Gasteiger partial charge in [-0.2, -0.15) is 10.2 Å². The summed E-state index contributed by atoms with van der Waals surface area (Å²) in [7, 11) is -8.64. The maximum absolute atomic E-state index is 12.2. The molecule has 0 radical (unpaired) electrons. The van der Waals surface area contributed by atoms with Crippen LogP contribution in [0.4, 0.5) is 28.4 Å². The van der Waals surface area contributed by atoms with Crippen molar-refractivity contribution in [2.24, 2.45) is 10.2 Å². The van der Waals surface area contributed by atoms with E-state index in [4.69, 9.17) is 0 Å². The number of nitrogens with one attached hydrogen (secondary N) is 2. The van der Waals surface area contributed by atoms with Crippen LogP contribution in [0, 0.1) is 17.0 Å². The molecule has 2 N–H and O–H groups in total. The summed E-state index contributed by atoms with van der Waals surface area (Å²) in [5.74, 6) is -0.113. The van der Waals surface area contributed by atoms with Crippen LogP contribution in [0.5, 0.6) is 5.75 Å². The summed E-state index contributed by atoms with van der Waals surface area (Å²) in [5, 5.41) is 34.0. The maximum Gasteiger partial charge on any atom is 1.00 e. The van der Waals surface area contributed by atoms with Gasteiger partial charge in [0.1, 0.15) is 5.69 Å². The van der Waals surface area contributed by atoms with Gasteiger partial charge in [-0.3, -0.25) is 10.1 Å². The Kier molecular flexibility index (Phi) is 9.11. The molecule has 0 aliphatic heterocycles. The summed E-state index contributed by atoms with van der Waals surface area (Å²) in [6.07, 6.45) is 0.652. The van der Waals surface area contributed by atoms with Crippen molar-refractivity contribution in [3.05, 3.63) is 76.3 Å². The van der Waals surface area contributed by atoms with Crippen molar-refractivity contribution < 1.29 is 56.4 Å². The van der Waals surface area contributed by atoms with Gasteiger partial charge >= 0.3 is 29.6 Å². The SMILES string of the molecule is Cc1cc(N=Nc2cccc(Nc3ccc(S(=O)(=O)NS(C)(=O)=O)cc3[N+](=O)[O-])c2)ccc1[O-].[Na+]. The van der Waals surface area contributed by atoms with E-state index in [1.165, 1.54) is 16.3 Å².